The normalized spacial score (nSPS) is 10.4. The van der Waals surface area contributed by atoms with Gasteiger partial charge in [0.2, 0.25) is 0 Å². The van der Waals surface area contributed by atoms with E-state index < -0.39 is 5.97 Å². The van der Waals surface area contributed by atoms with Crippen LogP contribution < -0.4 is 9.47 Å². The molecule has 1 aromatic heterocycles. The molecule has 0 spiro atoms. The molecule has 5 nitrogen and oxygen atoms in total. The first kappa shape index (κ1) is 19.6. The molecule has 2 aromatic carbocycles. The third-order valence-corrected chi connectivity index (χ3v) is 5.42. The highest BCUT2D eigenvalue weighted by Crippen LogP contribution is 2.42. The lowest BCUT2D eigenvalue weighted by molar-refractivity contribution is 0.0528. The van der Waals surface area contributed by atoms with Crippen LogP contribution >= 0.6 is 11.3 Å². The molecule has 0 bridgehead atoms. The van der Waals surface area contributed by atoms with Crippen molar-refractivity contribution in [3.63, 3.8) is 0 Å². The maximum Gasteiger partial charge on any atom is 0.340 e. The first-order valence-electron chi connectivity index (χ1n) is 8.70. The second-order valence-electron chi connectivity index (χ2n) is 5.84. The van der Waals surface area contributed by atoms with E-state index >= 15 is 0 Å². The van der Waals surface area contributed by atoms with Gasteiger partial charge in [0.1, 0.15) is 11.5 Å². The Kier molecular flexibility index (Phi) is 6.11. The number of hydrogen-bond donors (Lipinski definition) is 0. The maximum atomic E-state index is 12.8. The number of hydrogen-bond acceptors (Lipinski definition) is 6. The molecule has 0 aliphatic rings. The van der Waals surface area contributed by atoms with Gasteiger partial charge in [-0.25, -0.2) is 4.79 Å². The van der Waals surface area contributed by atoms with Crippen LogP contribution in [0.15, 0.2) is 48.5 Å². The molecule has 0 saturated carbocycles. The highest BCUT2D eigenvalue weighted by atomic mass is 32.1. The molecule has 0 N–H and O–H groups in total. The third-order valence-electron chi connectivity index (χ3n) is 4.25. The molecule has 28 heavy (non-hydrogen) atoms. The van der Waals surface area contributed by atoms with E-state index in [1.54, 1.807) is 33.3 Å². The number of methoxy groups -OCH3 is 2. The average Bonchev–Trinajstić information content (AvgIpc) is 3.14. The van der Waals surface area contributed by atoms with Crippen LogP contribution in [0.2, 0.25) is 0 Å². The molecule has 0 unspecified atom stereocenters. The van der Waals surface area contributed by atoms with Gasteiger partial charge in [-0.15, -0.1) is 11.3 Å². The van der Waals surface area contributed by atoms with E-state index in [2.05, 4.69) is 0 Å². The van der Waals surface area contributed by atoms with Crippen molar-refractivity contribution < 1.29 is 23.8 Å². The Balaban J connectivity index is 2.22. The Morgan fingerprint density at radius 1 is 0.929 bits per heavy atom. The van der Waals surface area contributed by atoms with E-state index in [0.717, 1.165) is 17.4 Å². The second kappa shape index (κ2) is 8.71. The molecule has 144 valence electrons. The predicted molar refractivity (Wildman–Crippen MR) is 110 cm³/mol. The van der Waals surface area contributed by atoms with Gasteiger partial charge >= 0.3 is 5.97 Å². The molecule has 1 heterocycles. The predicted octanol–water partition coefficient (Wildman–Crippen LogP) is 5.09. The minimum atomic E-state index is -0.455. The first-order valence-corrected chi connectivity index (χ1v) is 9.52. The number of carbonyl (C=O) groups excluding carboxylic acids is 2. The van der Waals surface area contributed by atoms with E-state index in [0.29, 0.717) is 32.4 Å². The summed E-state index contributed by atoms with van der Waals surface area (Å²) in [6.45, 7) is 2.00. The zero-order valence-electron chi connectivity index (χ0n) is 15.9. The summed E-state index contributed by atoms with van der Waals surface area (Å²) in [5, 5.41) is 0. The van der Waals surface area contributed by atoms with Gasteiger partial charge in [-0.3, -0.25) is 4.79 Å². The molecule has 0 aliphatic carbocycles. The number of benzene rings is 2. The molecular formula is C22H20O5S. The van der Waals surface area contributed by atoms with E-state index in [4.69, 9.17) is 14.2 Å². The third kappa shape index (κ3) is 3.77. The summed E-state index contributed by atoms with van der Waals surface area (Å²) in [5.74, 6) is 0.951. The van der Waals surface area contributed by atoms with Crippen LogP contribution in [-0.4, -0.2) is 33.1 Å². The summed E-state index contributed by atoms with van der Waals surface area (Å²) >= 11 is 1.27. The van der Waals surface area contributed by atoms with E-state index in [1.807, 2.05) is 36.4 Å². The van der Waals surface area contributed by atoms with Crippen molar-refractivity contribution in [2.45, 2.75) is 6.92 Å². The molecule has 0 fully saturated rings. The number of thiophene rings is 1. The molecule has 3 aromatic rings. The fraction of sp³-hybridized carbons (Fsp3) is 0.182. The van der Waals surface area contributed by atoms with Crippen molar-refractivity contribution in [2.75, 3.05) is 20.8 Å². The quantitative estimate of drug-likeness (QED) is 0.411. The zero-order valence-corrected chi connectivity index (χ0v) is 16.7. The van der Waals surface area contributed by atoms with Gasteiger partial charge in [0.15, 0.2) is 6.29 Å². The van der Waals surface area contributed by atoms with Gasteiger partial charge in [-0.2, -0.15) is 0 Å². The number of rotatable bonds is 7. The molecule has 0 saturated heterocycles. The number of aldehydes is 1. The molecular weight excluding hydrogens is 376 g/mol. The van der Waals surface area contributed by atoms with Crippen LogP contribution in [0.25, 0.3) is 21.6 Å². The van der Waals surface area contributed by atoms with Crippen LogP contribution in [0.4, 0.5) is 0 Å². The zero-order chi connectivity index (χ0) is 20.1. The molecule has 0 atom stereocenters. The molecule has 0 radical (unpaired) electrons. The van der Waals surface area contributed by atoms with Gasteiger partial charge in [0, 0.05) is 5.56 Å². The minimum absolute atomic E-state index is 0.245. The van der Waals surface area contributed by atoms with Gasteiger partial charge in [-0.05, 0) is 54.4 Å². The Morgan fingerprint density at radius 3 is 1.93 bits per heavy atom. The summed E-state index contributed by atoms with van der Waals surface area (Å²) in [6, 6.07) is 14.6. The summed E-state index contributed by atoms with van der Waals surface area (Å²) in [5.41, 5.74) is 2.54. The van der Waals surface area contributed by atoms with Crippen LogP contribution in [0, 0.1) is 0 Å². The van der Waals surface area contributed by atoms with Crippen molar-refractivity contribution in [3.05, 3.63) is 59.0 Å². The van der Waals surface area contributed by atoms with Crippen LogP contribution in [0.5, 0.6) is 11.5 Å². The maximum absolute atomic E-state index is 12.8. The van der Waals surface area contributed by atoms with E-state index in [9.17, 15) is 9.59 Å². The molecule has 3 rings (SSSR count). The van der Waals surface area contributed by atoms with Crippen LogP contribution in [0.3, 0.4) is 0 Å². The number of esters is 1. The summed E-state index contributed by atoms with van der Waals surface area (Å²) in [6.07, 6.45) is 0.778. The summed E-state index contributed by atoms with van der Waals surface area (Å²) in [4.78, 5) is 25.8. The average molecular weight is 396 g/mol. The van der Waals surface area contributed by atoms with Crippen molar-refractivity contribution in [3.8, 4) is 33.1 Å². The van der Waals surface area contributed by atoms with Gasteiger partial charge in [0.05, 0.1) is 36.1 Å². The lowest BCUT2D eigenvalue weighted by Crippen LogP contribution is -2.06. The Bertz CT molecular complexity index is 971. The van der Waals surface area contributed by atoms with Crippen molar-refractivity contribution >= 4 is 23.6 Å². The minimum Gasteiger partial charge on any atom is -0.497 e. The Labute approximate surface area is 167 Å². The molecule has 0 aliphatic heterocycles. The summed E-state index contributed by atoms with van der Waals surface area (Å²) < 4.78 is 15.7. The van der Waals surface area contributed by atoms with Crippen molar-refractivity contribution in [1.82, 2.24) is 0 Å². The fourth-order valence-corrected chi connectivity index (χ4v) is 4.05. The largest absolute Gasteiger partial charge is 0.497 e. The molecule has 0 amide bonds. The van der Waals surface area contributed by atoms with Crippen molar-refractivity contribution in [1.29, 1.82) is 0 Å². The second-order valence-corrected chi connectivity index (χ2v) is 6.89. The highest BCUT2D eigenvalue weighted by molar-refractivity contribution is 7.18. The lowest BCUT2D eigenvalue weighted by Gasteiger charge is -2.09. The SMILES string of the molecule is CCOC(=O)c1c(-c2ccc(OC)cc2)sc(C=O)c1-c1ccc(OC)cc1. The smallest absolute Gasteiger partial charge is 0.340 e. The van der Waals surface area contributed by atoms with E-state index in [-0.39, 0.29) is 6.61 Å². The summed E-state index contributed by atoms with van der Waals surface area (Å²) in [7, 11) is 3.18. The molecule has 6 heteroatoms. The van der Waals surface area contributed by atoms with Crippen molar-refractivity contribution in [2.24, 2.45) is 0 Å². The number of ether oxygens (including phenoxy) is 3. The highest BCUT2D eigenvalue weighted by Gasteiger charge is 2.26. The lowest BCUT2D eigenvalue weighted by atomic mass is 9.98. The topological polar surface area (TPSA) is 61.8 Å². The first-order chi connectivity index (χ1) is 13.6. The monoisotopic (exact) mass is 396 g/mol. The van der Waals surface area contributed by atoms with Crippen LogP contribution in [-0.2, 0) is 4.74 Å². The van der Waals surface area contributed by atoms with E-state index in [1.165, 1.54) is 11.3 Å². The van der Waals surface area contributed by atoms with Gasteiger partial charge in [-0.1, -0.05) is 12.1 Å². The van der Waals surface area contributed by atoms with Crippen LogP contribution in [0.1, 0.15) is 27.0 Å². The Hall–Kier alpha value is -3.12. The van der Waals surface area contributed by atoms with Gasteiger partial charge in [0.25, 0.3) is 0 Å². The van der Waals surface area contributed by atoms with Gasteiger partial charge < -0.3 is 14.2 Å². The number of carbonyl (C=O) groups is 2. The Morgan fingerprint density at radius 2 is 1.46 bits per heavy atom. The standard InChI is InChI=1S/C22H20O5S/c1-4-27-22(24)20-19(14-5-9-16(25-2)10-6-14)18(13-23)28-21(20)15-7-11-17(26-3)12-8-15/h5-13H,4H2,1-3H3. The fourth-order valence-electron chi connectivity index (χ4n) is 2.92.